The minimum Gasteiger partial charge on any atom is -0.427 e. The summed E-state index contributed by atoms with van der Waals surface area (Å²) in [6, 6.07) is 21.5. The minimum atomic E-state index is -0.397. The number of amides is 1. The molecule has 4 rings (SSSR count). The minimum absolute atomic E-state index is 0.0127. The van der Waals surface area contributed by atoms with Crippen LogP contribution in [0.5, 0.6) is 5.75 Å². The van der Waals surface area contributed by atoms with Crippen LogP contribution in [0, 0.1) is 6.92 Å². The molecule has 1 amide bonds. The van der Waals surface area contributed by atoms with Crippen LogP contribution in [0.2, 0.25) is 0 Å². The van der Waals surface area contributed by atoms with Gasteiger partial charge in [-0.3, -0.25) is 19.0 Å². The molecule has 0 unspecified atom stereocenters. The van der Waals surface area contributed by atoms with Gasteiger partial charge in [0.1, 0.15) is 5.75 Å². The van der Waals surface area contributed by atoms with Gasteiger partial charge >= 0.3 is 5.97 Å². The molecule has 182 valence electrons. The lowest BCUT2D eigenvalue weighted by atomic mass is 10.1. The Morgan fingerprint density at radius 2 is 1.69 bits per heavy atom. The highest BCUT2D eigenvalue weighted by Crippen LogP contribution is 2.21. The number of esters is 1. The maximum Gasteiger partial charge on any atom is 0.308 e. The molecular weight excluding hydrogens is 476 g/mol. The molecule has 0 atom stereocenters. The van der Waals surface area contributed by atoms with Gasteiger partial charge in [0.05, 0.1) is 28.1 Å². The second-order valence-corrected chi connectivity index (χ2v) is 8.97. The highest BCUT2D eigenvalue weighted by Gasteiger charge is 2.15. The summed E-state index contributed by atoms with van der Waals surface area (Å²) in [7, 11) is 0. The van der Waals surface area contributed by atoms with Crippen LogP contribution >= 0.6 is 11.8 Å². The summed E-state index contributed by atoms with van der Waals surface area (Å²) in [6.45, 7) is 5.07. The van der Waals surface area contributed by atoms with Crippen LogP contribution < -0.4 is 15.7 Å². The summed E-state index contributed by atoms with van der Waals surface area (Å²) < 4.78 is 6.55. The van der Waals surface area contributed by atoms with E-state index in [2.05, 4.69) is 15.5 Å². The van der Waals surface area contributed by atoms with Gasteiger partial charge in [0.2, 0.25) is 0 Å². The Hall–Kier alpha value is -4.24. The van der Waals surface area contributed by atoms with Gasteiger partial charge in [-0.25, -0.2) is 10.4 Å². The highest BCUT2D eigenvalue weighted by molar-refractivity contribution is 7.99. The van der Waals surface area contributed by atoms with Crippen molar-refractivity contribution in [3.05, 3.63) is 94.3 Å². The van der Waals surface area contributed by atoms with Gasteiger partial charge in [0.25, 0.3) is 11.5 Å². The molecule has 9 heteroatoms. The van der Waals surface area contributed by atoms with Crippen molar-refractivity contribution in [3.63, 3.8) is 0 Å². The number of aryl methyl sites for hydroxylation is 1. The molecule has 0 aliphatic rings. The molecule has 0 fully saturated rings. The number of hydrogen-bond donors (Lipinski definition) is 1. The number of fused-ring (bicyclic) bond motifs is 1. The van der Waals surface area contributed by atoms with E-state index in [1.807, 2.05) is 37.3 Å². The number of ether oxygens (including phenoxy) is 1. The zero-order valence-corrected chi connectivity index (χ0v) is 20.8. The Bertz CT molecular complexity index is 1510. The lowest BCUT2D eigenvalue weighted by Crippen LogP contribution is -2.24. The fraction of sp³-hybridized carbons (Fsp3) is 0.148. The van der Waals surface area contributed by atoms with Gasteiger partial charge in [-0.15, -0.1) is 0 Å². The lowest BCUT2D eigenvalue weighted by Gasteiger charge is -2.13. The van der Waals surface area contributed by atoms with Crippen molar-refractivity contribution in [1.82, 2.24) is 15.0 Å². The quantitative estimate of drug-likeness (QED) is 0.102. The highest BCUT2D eigenvalue weighted by atomic mass is 32.2. The third-order valence-corrected chi connectivity index (χ3v) is 6.19. The molecule has 0 saturated carbocycles. The summed E-state index contributed by atoms with van der Waals surface area (Å²) in [4.78, 5) is 41.6. The molecular formula is C27H24N4O4S. The fourth-order valence-electron chi connectivity index (χ4n) is 3.43. The molecule has 0 bridgehead atoms. The van der Waals surface area contributed by atoms with Crippen LogP contribution in [0.3, 0.4) is 0 Å². The van der Waals surface area contributed by atoms with Crippen LogP contribution in [0.15, 0.2) is 87.8 Å². The first-order valence-corrected chi connectivity index (χ1v) is 12.1. The van der Waals surface area contributed by atoms with Gasteiger partial charge in [0, 0.05) is 6.92 Å². The van der Waals surface area contributed by atoms with Gasteiger partial charge in [-0.2, -0.15) is 5.10 Å². The van der Waals surface area contributed by atoms with Crippen LogP contribution in [0.4, 0.5) is 0 Å². The molecule has 0 radical (unpaired) electrons. The average molecular weight is 501 g/mol. The second kappa shape index (κ2) is 11.0. The molecule has 0 spiro atoms. The number of carbonyl (C=O) groups is 2. The van der Waals surface area contributed by atoms with Crippen LogP contribution in [0.1, 0.15) is 25.0 Å². The van der Waals surface area contributed by atoms with Crippen molar-refractivity contribution in [3.8, 4) is 11.4 Å². The molecule has 1 heterocycles. The summed E-state index contributed by atoms with van der Waals surface area (Å²) in [6.07, 6.45) is 0. The first kappa shape index (κ1) is 24.9. The largest absolute Gasteiger partial charge is 0.427 e. The molecule has 1 N–H and O–H groups in total. The SMILES string of the molecule is CC(=O)Oc1ccc(C(C)=NNC(=O)CSc2nc3ccccc3c(=O)n2-c2ccc(C)cc2)cc1. The van der Waals surface area contributed by atoms with Crippen molar-refractivity contribution in [1.29, 1.82) is 0 Å². The predicted octanol–water partition coefficient (Wildman–Crippen LogP) is 4.25. The zero-order chi connectivity index (χ0) is 25.7. The van der Waals surface area contributed by atoms with E-state index >= 15 is 0 Å². The molecule has 8 nitrogen and oxygen atoms in total. The Balaban J connectivity index is 1.51. The maximum atomic E-state index is 13.3. The van der Waals surface area contributed by atoms with Crippen LogP contribution in [-0.4, -0.2) is 32.9 Å². The van der Waals surface area contributed by atoms with Crippen LogP contribution in [0.25, 0.3) is 16.6 Å². The topological polar surface area (TPSA) is 103 Å². The van der Waals surface area contributed by atoms with Gasteiger partial charge in [0.15, 0.2) is 5.16 Å². The summed E-state index contributed by atoms with van der Waals surface area (Å²) in [5.74, 6) is -0.291. The normalized spacial score (nSPS) is 11.4. The van der Waals surface area contributed by atoms with Gasteiger partial charge in [-0.1, -0.05) is 41.6 Å². The van der Waals surface area contributed by atoms with E-state index in [1.165, 1.54) is 11.5 Å². The molecule has 4 aromatic rings. The van der Waals surface area contributed by atoms with E-state index in [0.29, 0.717) is 33.2 Å². The third-order valence-electron chi connectivity index (χ3n) is 5.25. The summed E-state index contributed by atoms with van der Waals surface area (Å²) in [5.41, 5.74) is 6.02. The Labute approximate surface area is 212 Å². The van der Waals surface area contributed by atoms with E-state index in [9.17, 15) is 14.4 Å². The lowest BCUT2D eigenvalue weighted by molar-refractivity contribution is -0.131. The fourth-order valence-corrected chi connectivity index (χ4v) is 4.24. The number of rotatable bonds is 7. The molecule has 0 aliphatic heterocycles. The number of carbonyl (C=O) groups excluding carboxylic acids is 2. The van der Waals surface area contributed by atoms with E-state index < -0.39 is 5.97 Å². The smallest absolute Gasteiger partial charge is 0.308 e. The Morgan fingerprint density at radius 3 is 2.39 bits per heavy atom. The Morgan fingerprint density at radius 1 is 1.00 bits per heavy atom. The van der Waals surface area contributed by atoms with Crippen molar-refractivity contribution >= 4 is 40.3 Å². The second-order valence-electron chi connectivity index (χ2n) is 8.03. The molecule has 36 heavy (non-hydrogen) atoms. The number of nitrogens with zero attached hydrogens (tertiary/aromatic N) is 3. The van der Waals surface area contributed by atoms with E-state index in [-0.39, 0.29) is 17.2 Å². The Kier molecular flexibility index (Phi) is 7.60. The van der Waals surface area contributed by atoms with Gasteiger partial charge in [-0.05, 0) is 67.9 Å². The standard InChI is InChI=1S/C27H24N4O4S/c1-17-8-12-21(13-9-17)31-26(34)23-6-4-5-7-24(23)28-27(31)36-16-25(33)30-29-18(2)20-10-14-22(15-11-20)35-19(3)32/h4-15H,16H2,1-3H3,(H,30,33). The van der Waals surface area contributed by atoms with Crippen molar-refractivity contribution in [2.75, 3.05) is 5.75 Å². The molecule has 3 aromatic carbocycles. The number of hydrazone groups is 1. The summed E-state index contributed by atoms with van der Waals surface area (Å²) in [5, 5.41) is 5.08. The molecule has 1 aromatic heterocycles. The van der Waals surface area contributed by atoms with E-state index in [4.69, 9.17) is 4.74 Å². The molecule has 0 aliphatic carbocycles. The van der Waals surface area contributed by atoms with Crippen molar-refractivity contribution < 1.29 is 14.3 Å². The number of aromatic nitrogens is 2. The monoisotopic (exact) mass is 500 g/mol. The van der Waals surface area contributed by atoms with Crippen LogP contribution in [-0.2, 0) is 9.59 Å². The first-order valence-electron chi connectivity index (χ1n) is 11.2. The average Bonchev–Trinajstić information content (AvgIpc) is 2.87. The first-order chi connectivity index (χ1) is 17.3. The van der Waals surface area contributed by atoms with Crippen molar-refractivity contribution in [2.24, 2.45) is 5.10 Å². The number of thioether (sulfide) groups is 1. The van der Waals surface area contributed by atoms with E-state index in [0.717, 1.165) is 22.9 Å². The third kappa shape index (κ3) is 5.87. The van der Waals surface area contributed by atoms with Gasteiger partial charge < -0.3 is 4.74 Å². The number of nitrogens with one attached hydrogen (secondary N) is 1. The zero-order valence-electron chi connectivity index (χ0n) is 20.0. The van der Waals surface area contributed by atoms with Crippen molar-refractivity contribution in [2.45, 2.75) is 25.9 Å². The number of para-hydroxylation sites is 1. The molecule has 0 saturated heterocycles. The van der Waals surface area contributed by atoms with E-state index in [1.54, 1.807) is 49.4 Å². The number of hydrogen-bond acceptors (Lipinski definition) is 7. The predicted molar refractivity (Wildman–Crippen MR) is 141 cm³/mol. The number of benzene rings is 3. The summed E-state index contributed by atoms with van der Waals surface area (Å²) >= 11 is 1.16. The maximum absolute atomic E-state index is 13.3.